The number of ether oxygens (including phenoxy) is 3. The molecule has 0 saturated heterocycles. The van der Waals surface area contributed by atoms with Crippen LogP contribution in [0.15, 0.2) is 60.9 Å². The molecule has 2 heterocycles. The van der Waals surface area contributed by atoms with Gasteiger partial charge in [-0.2, -0.15) is 5.10 Å². The normalized spacial score (nSPS) is 10.4. The molecule has 34 heavy (non-hydrogen) atoms. The van der Waals surface area contributed by atoms with Gasteiger partial charge in [-0.25, -0.2) is 9.59 Å². The molecule has 0 spiro atoms. The summed E-state index contributed by atoms with van der Waals surface area (Å²) in [6, 6.07) is 12.2. The fraction of sp³-hybridized carbons (Fsp3) is 0.130. The Labute approximate surface area is 194 Å². The quantitative estimate of drug-likeness (QED) is 0.393. The largest absolute Gasteiger partial charge is 0.493 e. The Kier molecular flexibility index (Phi) is 6.44. The van der Waals surface area contributed by atoms with Gasteiger partial charge in [-0.1, -0.05) is 0 Å². The third-order valence-electron chi connectivity index (χ3n) is 4.84. The number of hydrogen-bond donors (Lipinski definition) is 3. The van der Waals surface area contributed by atoms with Gasteiger partial charge in [0.1, 0.15) is 17.3 Å². The standard InChI is InChI=1S/C23H22N6O5/c1-29-21(9-11-25-29)27-23(31)28-22(30)26-14-4-6-15(7-5-14)34-18-8-10-24-17-13-20(33-3)19(32-2)12-16(17)18/h4-13H,1-3H3,(H3,26,27,28,30,31). The molecule has 4 rings (SSSR count). The molecule has 0 atom stereocenters. The molecule has 3 N–H and O–H groups in total. The highest BCUT2D eigenvalue weighted by atomic mass is 16.5. The van der Waals surface area contributed by atoms with E-state index in [0.717, 1.165) is 5.39 Å². The number of fused-ring (bicyclic) bond motifs is 1. The van der Waals surface area contributed by atoms with E-state index < -0.39 is 12.1 Å². The maximum atomic E-state index is 12.1. The number of nitrogens with zero attached hydrogens (tertiary/aromatic N) is 3. The third kappa shape index (κ3) is 4.99. The van der Waals surface area contributed by atoms with Crippen LogP contribution in [0.3, 0.4) is 0 Å². The lowest BCUT2D eigenvalue weighted by atomic mass is 10.2. The highest BCUT2D eigenvalue weighted by molar-refractivity contribution is 6.04. The Morgan fingerprint density at radius 3 is 2.24 bits per heavy atom. The second kappa shape index (κ2) is 9.77. The Morgan fingerprint density at radius 2 is 1.56 bits per heavy atom. The highest BCUT2D eigenvalue weighted by Crippen LogP contribution is 2.36. The molecular weight excluding hydrogens is 440 g/mol. The van der Waals surface area contributed by atoms with E-state index in [1.807, 2.05) is 0 Å². The smallest absolute Gasteiger partial charge is 0.328 e. The molecule has 11 nitrogen and oxygen atoms in total. The van der Waals surface area contributed by atoms with Gasteiger partial charge in [-0.3, -0.25) is 20.3 Å². The molecule has 11 heteroatoms. The summed E-state index contributed by atoms with van der Waals surface area (Å²) in [6.07, 6.45) is 3.17. The van der Waals surface area contributed by atoms with Crippen molar-refractivity contribution in [2.45, 2.75) is 0 Å². The van der Waals surface area contributed by atoms with Gasteiger partial charge in [-0.05, 0) is 36.4 Å². The summed E-state index contributed by atoms with van der Waals surface area (Å²) < 4.78 is 18.2. The molecule has 174 valence electrons. The van der Waals surface area contributed by atoms with Gasteiger partial charge >= 0.3 is 12.1 Å². The zero-order chi connectivity index (χ0) is 24.1. The maximum absolute atomic E-state index is 12.1. The van der Waals surface area contributed by atoms with Crippen LogP contribution in [0.4, 0.5) is 21.1 Å². The summed E-state index contributed by atoms with van der Waals surface area (Å²) in [5, 5.41) is 12.0. The van der Waals surface area contributed by atoms with E-state index >= 15 is 0 Å². The highest BCUT2D eigenvalue weighted by Gasteiger charge is 2.12. The first kappa shape index (κ1) is 22.4. The molecule has 4 aromatic rings. The van der Waals surface area contributed by atoms with Gasteiger partial charge in [0.15, 0.2) is 11.5 Å². The molecule has 0 unspecified atom stereocenters. The Bertz CT molecular complexity index is 1340. The summed E-state index contributed by atoms with van der Waals surface area (Å²) >= 11 is 0. The van der Waals surface area contributed by atoms with Crippen molar-refractivity contribution in [3.63, 3.8) is 0 Å². The van der Waals surface area contributed by atoms with E-state index in [0.29, 0.717) is 40.0 Å². The number of nitrogens with one attached hydrogen (secondary N) is 3. The number of rotatable bonds is 6. The molecule has 0 aliphatic rings. The Morgan fingerprint density at radius 1 is 0.853 bits per heavy atom. The van der Waals surface area contributed by atoms with Crippen molar-refractivity contribution in [3.8, 4) is 23.0 Å². The lowest BCUT2D eigenvalue weighted by Gasteiger charge is -2.13. The molecule has 4 amide bonds. The molecule has 0 fully saturated rings. The van der Waals surface area contributed by atoms with Crippen molar-refractivity contribution in [3.05, 3.63) is 60.9 Å². The Balaban J connectivity index is 1.41. The van der Waals surface area contributed by atoms with E-state index in [9.17, 15) is 9.59 Å². The van der Waals surface area contributed by atoms with Crippen LogP contribution in [0.5, 0.6) is 23.0 Å². The van der Waals surface area contributed by atoms with Crippen molar-refractivity contribution in [2.24, 2.45) is 7.05 Å². The fourth-order valence-corrected chi connectivity index (χ4v) is 3.18. The van der Waals surface area contributed by atoms with Crippen molar-refractivity contribution < 1.29 is 23.8 Å². The van der Waals surface area contributed by atoms with Crippen LogP contribution in [-0.2, 0) is 7.05 Å². The van der Waals surface area contributed by atoms with Crippen LogP contribution in [0, 0.1) is 0 Å². The van der Waals surface area contributed by atoms with Crippen LogP contribution in [0.1, 0.15) is 0 Å². The van der Waals surface area contributed by atoms with Crippen LogP contribution < -0.4 is 30.2 Å². The number of carbonyl (C=O) groups is 2. The van der Waals surface area contributed by atoms with Gasteiger partial charge in [0, 0.05) is 36.5 Å². The molecule has 0 aliphatic carbocycles. The molecule has 0 aliphatic heterocycles. The topological polar surface area (TPSA) is 129 Å². The number of anilines is 2. The molecule has 0 saturated carbocycles. The lowest BCUT2D eigenvalue weighted by molar-refractivity contribution is 0.240. The zero-order valence-electron chi connectivity index (χ0n) is 18.7. The van der Waals surface area contributed by atoms with Gasteiger partial charge in [0.05, 0.1) is 25.9 Å². The second-order valence-corrected chi connectivity index (χ2v) is 7.03. The number of benzene rings is 2. The molecule has 2 aromatic carbocycles. The van der Waals surface area contributed by atoms with Gasteiger partial charge in [-0.15, -0.1) is 0 Å². The van der Waals surface area contributed by atoms with Crippen molar-refractivity contribution in [1.29, 1.82) is 0 Å². The Hall–Kier alpha value is -4.80. The first-order chi connectivity index (χ1) is 16.5. The number of amides is 4. The third-order valence-corrected chi connectivity index (χ3v) is 4.84. The van der Waals surface area contributed by atoms with E-state index in [2.05, 4.69) is 26.0 Å². The summed E-state index contributed by atoms with van der Waals surface area (Å²) in [7, 11) is 4.79. The summed E-state index contributed by atoms with van der Waals surface area (Å²) in [4.78, 5) is 28.4. The van der Waals surface area contributed by atoms with Gasteiger partial charge < -0.3 is 19.5 Å². The van der Waals surface area contributed by atoms with E-state index in [1.165, 1.54) is 10.9 Å². The minimum Gasteiger partial charge on any atom is -0.493 e. The predicted molar refractivity (Wildman–Crippen MR) is 126 cm³/mol. The van der Waals surface area contributed by atoms with Crippen molar-refractivity contribution in [1.82, 2.24) is 20.1 Å². The number of hydrogen-bond acceptors (Lipinski definition) is 7. The maximum Gasteiger partial charge on any atom is 0.328 e. The first-order valence-corrected chi connectivity index (χ1v) is 10.1. The number of carbonyl (C=O) groups excluding carboxylic acids is 2. The number of aryl methyl sites for hydroxylation is 1. The van der Waals surface area contributed by atoms with E-state index in [4.69, 9.17) is 14.2 Å². The summed E-state index contributed by atoms with van der Waals surface area (Å²) in [5.74, 6) is 2.71. The lowest BCUT2D eigenvalue weighted by Crippen LogP contribution is -2.37. The van der Waals surface area contributed by atoms with Crippen LogP contribution in [-0.4, -0.2) is 41.0 Å². The summed E-state index contributed by atoms with van der Waals surface area (Å²) in [5.41, 5.74) is 1.17. The second-order valence-electron chi connectivity index (χ2n) is 7.03. The van der Waals surface area contributed by atoms with Gasteiger partial charge in [0.2, 0.25) is 0 Å². The molecule has 0 radical (unpaired) electrons. The SMILES string of the molecule is COc1cc2nccc(Oc3ccc(NC(=O)NC(=O)Nc4ccnn4C)cc3)c2cc1OC. The summed E-state index contributed by atoms with van der Waals surface area (Å²) in [6.45, 7) is 0. The van der Waals surface area contributed by atoms with Crippen molar-refractivity contribution in [2.75, 3.05) is 24.9 Å². The average molecular weight is 462 g/mol. The van der Waals surface area contributed by atoms with Crippen LogP contribution >= 0.6 is 0 Å². The minimum absolute atomic E-state index is 0.450. The number of methoxy groups -OCH3 is 2. The van der Waals surface area contributed by atoms with E-state index in [-0.39, 0.29) is 0 Å². The van der Waals surface area contributed by atoms with E-state index in [1.54, 1.807) is 76.0 Å². The number of aromatic nitrogens is 3. The molecule has 2 aromatic heterocycles. The average Bonchev–Trinajstić information content (AvgIpc) is 3.23. The number of pyridine rings is 1. The van der Waals surface area contributed by atoms with Crippen LogP contribution in [0.25, 0.3) is 10.9 Å². The minimum atomic E-state index is -0.686. The molecule has 0 bridgehead atoms. The number of imide groups is 1. The predicted octanol–water partition coefficient (Wildman–Crippen LogP) is 4.13. The fourth-order valence-electron chi connectivity index (χ4n) is 3.18. The van der Waals surface area contributed by atoms with Crippen LogP contribution in [0.2, 0.25) is 0 Å². The van der Waals surface area contributed by atoms with Crippen molar-refractivity contribution >= 4 is 34.5 Å². The van der Waals surface area contributed by atoms with Gasteiger partial charge in [0.25, 0.3) is 0 Å². The first-order valence-electron chi connectivity index (χ1n) is 10.1. The monoisotopic (exact) mass is 462 g/mol. The number of urea groups is 2. The molecular formula is C23H22N6O5. The zero-order valence-corrected chi connectivity index (χ0v) is 18.7.